The third kappa shape index (κ3) is 4.26. The Morgan fingerprint density at radius 1 is 0.840 bits per heavy atom. The molecule has 0 fully saturated rings. The van der Waals surface area contributed by atoms with Gasteiger partial charge in [0.05, 0.1) is 0 Å². The van der Waals surface area contributed by atoms with Gasteiger partial charge in [0.25, 0.3) is 0 Å². The predicted molar refractivity (Wildman–Crippen MR) is 90.3 cm³/mol. The molecule has 2 N–H and O–H groups in total. The third-order valence-corrected chi connectivity index (χ3v) is 3.51. The first-order valence-electron chi connectivity index (χ1n) is 7.65. The molecular weight excluding hydrogens is 329 g/mol. The van der Waals surface area contributed by atoms with Gasteiger partial charge in [-0.25, -0.2) is 18.2 Å². The van der Waals surface area contributed by atoms with Gasteiger partial charge in [-0.1, -0.05) is 24.3 Å². The smallest absolute Gasteiger partial charge is 0.229 e. The minimum Gasteiger partial charge on any atom is -0.370 e. The Morgan fingerprint density at radius 3 is 2.32 bits per heavy atom. The molecule has 0 aliphatic heterocycles. The van der Waals surface area contributed by atoms with Gasteiger partial charge < -0.3 is 10.6 Å². The van der Waals surface area contributed by atoms with E-state index in [1.165, 1.54) is 18.3 Å². The lowest BCUT2D eigenvalue weighted by molar-refractivity contribution is 0.590. The molecule has 0 aliphatic rings. The van der Waals surface area contributed by atoms with E-state index in [9.17, 15) is 13.2 Å². The van der Waals surface area contributed by atoms with Crippen molar-refractivity contribution in [1.29, 1.82) is 0 Å². The summed E-state index contributed by atoms with van der Waals surface area (Å²) in [5, 5.41) is 5.56. The van der Waals surface area contributed by atoms with Crippen LogP contribution < -0.4 is 10.6 Å². The number of benzene rings is 2. The molecule has 0 aliphatic carbocycles. The predicted octanol–water partition coefficient (Wildman–Crippen LogP) is 4.29. The van der Waals surface area contributed by atoms with Crippen LogP contribution in [0.2, 0.25) is 0 Å². The fourth-order valence-corrected chi connectivity index (χ4v) is 2.27. The van der Waals surface area contributed by atoms with Gasteiger partial charge in [-0.05, 0) is 36.2 Å². The second kappa shape index (κ2) is 7.65. The van der Waals surface area contributed by atoms with Crippen LogP contribution in [0.1, 0.15) is 5.56 Å². The van der Waals surface area contributed by atoms with Crippen LogP contribution in [0, 0.1) is 17.5 Å². The van der Waals surface area contributed by atoms with E-state index in [1.54, 1.807) is 24.3 Å². The number of nitrogens with zero attached hydrogens (tertiary/aromatic N) is 2. The highest BCUT2D eigenvalue weighted by molar-refractivity contribution is 5.56. The summed E-state index contributed by atoms with van der Waals surface area (Å²) >= 11 is 0. The van der Waals surface area contributed by atoms with Crippen molar-refractivity contribution < 1.29 is 13.2 Å². The molecule has 128 valence electrons. The monoisotopic (exact) mass is 344 g/mol. The molecule has 0 radical (unpaired) electrons. The number of para-hydroxylation sites is 1. The molecule has 0 spiro atoms. The molecule has 25 heavy (non-hydrogen) atoms. The van der Waals surface area contributed by atoms with Crippen LogP contribution in [0.15, 0.2) is 54.7 Å². The minimum absolute atomic E-state index is 0.0555. The lowest BCUT2D eigenvalue weighted by atomic mass is 10.1. The van der Waals surface area contributed by atoms with E-state index >= 15 is 0 Å². The van der Waals surface area contributed by atoms with E-state index in [2.05, 4.69) is 20.6 Å². The normalized spacial score (nSPS) is 10.5. The van der Waals surface area contributed by atoms with E-state index in [0.29, 0.717) is 24.3 Å². The van der Waals surface area contributed by atoms with Gasteiger partial charge in [0.15, 0.2) is 0 Å². The molecule has 2 aromatic carbocycles. The molecule has 3 aromatic rings. The first-order chi connectivity index (χ1) is 12.1. The maximum Gasteiger partial charge on any atom is 0.229 e. The SMILES string of the molecule is Fc1ccccc1CCNc1ccnc(Nc2c(F)cccc2F)n1. The zero-order valence-electron chi connectivity index (χ0n) is 13.1. The van der Waals surface area contributed by atoms with Crippen molar-refractivity contribution in [2.24, 2.45) is 0 Å². The van der Waals surface area contributed by atoms with E-state index in [4.69, 9.17) is 0 Å². The molecule has 0 unspecified atom stereocenters. The van der Waals surface area contributed by atoms with Crippen molar-refractivity contribution in [1.82, 2.24) is 9.97 Å². The summed E-state index contributed by atoms with van der Waals surface area (Å²) in [5.41, 5.74) is 0.279. The third-order valence-electron chi connectivity index (χ3n) is 3.51. The van der Waals surface area contributed by atoms with Crippen molar-refractivity contribution >= 4 is 17.5 Å². The first-order valence-corrected chi connectivity index (χ1v) is 7.65. The summed E-state index contributed by atoms with van der Waals surface area (Å²) in [6.45, 7) is 0.450. The standard InChI is InChI=1S/C18H15F3N4/c19-13-5-2-1-4-12(13)8-10-22-16-9-11-23-18(24-16)25-17-14(20)6-3-7-15(17)21/h1-7,9,11H,8,10H2,(H2,22,23,24,25). The Hall–Kier alpha value is -3.09. The van der Waals surface area contributed by atoms with E-state index in [1.807, 2.05) is 0 Å². The van der Waals surface area contributed by atoms with Crippen molar-refractivity contribution in [3.63, 3.8) is 0 Å². The number of rotatable bonds is 6. The van der Waals surface area contributed by atoms with Crippen LogP contribution in [0.5, 0.6) is 0 Å². The highest BCUT2D eigenvalue weighted by atomic mass is 19.1. The van der Waals surface area contributed by atoms with E-state index < -0.39 is 11.6 Å². The van der Waals surface area contributed by atoms with Gasteiger partial charge >= 0.3 is 0 Å². The largest absolute Gasteiger partial charge is 0.370 e. The molecule has 3 rings (SSSR count). The van der Waals surface area contributed by atoms with Crippen LogP contribution in [-0.4, -0.2) is 16.5 Å². The highest BCUT2D eigenvalue weighted by Gasteiger charge is 2.10. The van der Waals surface area contributed by atoms with Crippen molar-refractivity contribution in [2.75, 3.05) is 17.2 Å². The molecule has 0 atom stereocenters. The van der Waals surface area contributed by atoms with Crippen LogP contribution in [-0.2, 0) is 6.42 Å². The van der Waals surface area contributed by atoms with Crippen LogP contribution in [0.3, 0.4) is 0 Å². The molecule has 4 nitrogen and oxygen atoms in total. The number of halogens is 3. The molecular formula is C18H15F3N4. The Labute approximate surface area is 142 Å². The zero-order valence-corrected chi connectivity index (χ0v) is 13.1. The second-order valence-corrected chi connectivity index (χ2v) is 5.26. The Kier molecular flexibility index (Phi) is 5.13. The average Bonchev–Trinajstić information content (AvgIpc) is 2.60. The van der Waals surface area contributed by atoms with Gasteiger partial charge in [-0.2, -0.15) is 4.98 Å². The first kappa shape index (κ1) is 16.8. The summed E-state index contributed by atoms with van der Waals surface area (Å²) in [6.07, 6.45) is 1.93. The maximum atomic E-state index is 13.7. The van der Waals surface area contributed by atoms with Crippen molar-refractivity contribution in [3.8, 4) is 0 Å². The van der Waals surface area contributed by atoms with Crippen molar-refractivity contribution in [3.05, 3.63) is 77.7 Å². The van der Waals surface area contributed by atoms with E-state index in [0.717, 1.165) is 12.1 Å². The molecule has 1 heterocycles. The molecule has 7 heteroatoms. The minimum atomic E-state index is -0.735. The molecule has 0 bridgehead atoms. The number of nitrogens with one attached hydrogen (secondary N) is 2. The lowest BCUT2D eigenvalue weighted by Crippen LogP contribution is -2.09. The van der Waals surface area contributed by atoms with Crippen LogP contribution in [0.4, 0.5) is 30.6 Å². The van der Waals surface area contributed by atoms with Gasteiger partial charge in [-0.15, -0.1) is 0 Å². The van der Waals surface area contributed by atoms with Crippen LogP contribution >= 0.6 is 0 Å². The topological polar surface area (TPSA) is 49.8 Å². The number of hydrogen-bond acceptors (Lipinski definition) is 4. The number of aromatic nitrogens is 2. The summed E-state index contributed by atoms with van der Waals surface area (Å²) in [6, 6.07) is 11.7. The molecule has 0 saturated carbocycles. The summed E-state index contributed by atoms with van der Waals surface area (Å²) in [5.74, 6) is -1.21. The van der Waals surface area contributed by atoms with Gasteiger partial charge in [0.2, 0.25) is 5.95 Å². The van der Waals surface area contributed by atoms with Crippen molar-refractivity contribution in [2.45, 2.75) is 6.42 Å². The van der Waals surface area contributed by atoms with Gasteiger partial charge in [0, 0.05) is 12.7 Å². The number of hydrogen-bond donors (Lipinski definition) is 2. The second-order valence-electron chi connectivity index (χ2n) is 5.26. The maximum absolute atomic E-state index is 13.7. The average molecular weight is 344 g/mol. The van der Waals surface area contributed by atoms with E-state index in [-0.39, 0.29) is 17.5 Å². The fraction of sp³-hybridized carbons (Fsp3) is 0.111. The quantitative estimate of drug-likeness (QED) is 0.700. The van der Waals surface area contributed by atoms with Gasteiger partial charge in [0.1, 0.15) is 29.0 Å². The number of anilines is 3. The fourth-order valence-electron chi connectivity index (χ4n) is 2.27. The summed E-state index contributed by atoms with van der Waals surface area (Å²) in [4.78, 5) is 8.09. The van der Waals surface area contributed by atoms with Gasteiger partial charge in [-0.3, -0.25) is 0 Å². The Bertz CT molecular complexity index is 850. The zero-order chi connectivity index (χ0) is 17.6. The summed E-state index contributed by atoms with van der Waals surface area (Å²) < 4.78 is 40.9. The Morgan fingerprint density at radius 2 is 1.56 bits per heavy atom. The highest BCUT2D eigenvalue weighted by Crippen LogP contribution is 2.21. The lowest BCUT2D eigenvalue weighted by Gasteiger charge is -2.10. The molecule has 0 amide bonds. The van der Waals surface area contributed by atoms with Crippen LogP contribution in [0.25, 0.3) is 0 Å². The molecule has 0 saturated heterocycles. The summed E-state index contributed by atoms with van der Waals surface area (Å²) in [7, 11) is 0. The Balaban J connectivity index is 1.65. The molecule has 1 aromatic heterocycles.